The van der Waals surface area contributed by atoms with Gasteiger partial charge in [-0.15, -0.1) is 0 Å². The summed E-state index contributed by atoms with van der Waals surface area (Å²) in [4.78, 5) is 11.9. The molecule has 3 N–H and O–H groups in total. The molecule has 1 amide bonds. The van der Waals surface area contributed by atoms with E-state index in [0.29, 0.717) is 13.2 Å². The summed E-state index contributed by atoms with van der Waals surface area (Å²) in [6.07, 6.45) is 1.87. The monoisotopic (exact) mass is 248 g/mol. The van der Waals surface area contributed by atoms with Crippen molar-refractivity contribution in [1.29, 1.82) is 0 Å². The molecule has 1 fully saturated rings. The van der Waals surface area contributed by atoms with Crippen molar-refractivity contribution in [1.82, 2.24) is 5.32 Å². The molecule has 98 valence electrons. The van der Waals surface area contributed by atoms with Gasteiger partial charge in [-0.2, -0.15) is 0 Å². The average Bonchev–Trinajstić information content (AvgIpc) is 2.46. The highest BCUT2D eigenvalue weighted by Crippen LogP contribution is 2.14. The summed E-state index contributed by atoms with van der Waals surface area (Å²) in [5.41, 5.74) is 7.07. The van der Waals surface area contributed by atoms with Crippen molar-refractivity contribution in [3.05, 3.63) is 35.9 Å². The van der Waals surface area contributed by atoms with Gasteiger partial charge in [-0.3, -0.25) is 4.79 Å². The minimum absolute atomic E-state index is 0.0123. The Bertz CT molecular complexity index is 375. The van der Waals surface area contributed by atoms with Crippen LogP contribution >= 0.6 is 0 Å². The molecule has 4 nitrogen and oxygen atoms in total. The second-order valence-electron chi connectivity index (χ2n) is 4.68. The first-order valence-corrected chi connectivity index (χ1v) is 6.43. The van der Waals surface area contributed by atoms with Crippen LogP contribution in [0, 0.1) is 5.92 Å². The van der Waals surface area contributed by atoms with Gasteiger partial charge in [-0.05, 0) is 18.4 Å². The van der Waals surface area contributed by atoms with Gasteiger partial charge in [-0.25, -0.2) is 0 Å². The number of nitrogens with two attached hydrogens (primary N) is 1. The Morgan fingerprint density at radius 3 is 2.89 bits per heavy atom. The third-order valence-corrected chi connectivity index (χ3v) is 3.26. The van der Waals surface area contributed by atoms with Crippen LogP contribution < -0.4 is 11.1 Å². The van der Waals surface area contributed by atoms with Crippen LogP contribution in [0.25, 0.3) is 0 Å². The van der Waals surface area contributed by atoms with Gasteiger partial charge in [0.15, 0.2) is 0 Å². The van der Waals surface area contributed by atoms with Crippen molar-refractivity contribution in [2.24, 2.45) is 11.7 Å². The zero-order chi connectivity index (χ0) is 12.8. The summed E-state index contributed by atoms with van der Waals surface area (Å²) in [5, 5.41) is 2.91. The fraction of sp³-hybridized carbons (Fsp3) is 0.500. The van der Waals surface area contributed by atoms with Crippen LogP contribution in [-0.4, -0.2) is 25.7 Å². The zero-order valence-corrected chi connectivity index (χ0v) is 10.5. The normalized spacial score (nSPS) is 21.3. The summed E-state index contributed by atoms with van der Waals surface area (Å²) in [6.45, 7) is 1.78. The van der Waals surface area contributed by atoms with Crippen LogP contribution in [0.5, 0.6) is 0 Å². The maximum absolute atomic E-state index is 11.9. The predicted octanol–water partition coefficient (Wildman–Crippen LogP) is 1.23. The Kier molecular flexibility index (Phi) is 4.73. The molecule has 18 heavy (non-hydrogen) atoms. The molecule has 2 rings (SSSR count). The minimum Gasteiger partial charge on any atom is -0.381 e. The quantitative estimate of drug-likeness (QED) is 0.842. The number of carbonyl (C=O) groups is 1. The van der Waals surface area contributed by atoms with Crippen molar-refractivity contribution in [2.75, 3.05) is 19.8 Å². The van der Waals surface area contributed by atoms with E-state index in [2.05, 4.69) is 5.32 Å². The Balaban J connectivity index is 1.78. The zero-order valence-electron chi connectivity index (χ0n) is 10.5. The molecule has 1 aliphatic heterocycles. The van der Waals surface area contributed by atoms with Gasteiger partial charge in [0, 0.05) is 19.2 Å². The lowest BCUT2D eigenvalue weighted by Crippen LogP contribution is -2.39. The van der Waals surface area contributed by atoms with E-state index < -0.39 is 0 Å². The Morgan fingerprint density at radius 2 is 2.22 bits per heavy atom. The second kappa shape index (κ2) is 6.52. The molecule has 4 heteroatoms. The SMILES string of the molecule is NC(CNC(=O)C1CCCOC1)c1ccccc1. The smallest absolute Gasteiger partial charge is 0.225 e. The fourth-order valence-corrected chi connectivity index (χ4v) is 2.12. The number of benzene rings is 1. The van der Waals surface area contributed by atoms with Gasteiger partial charge in [0.05, 0.1) is 12.5 Å². The van der Waals surface area contributed by atoms with Crippen LogP contribution in [0.3, 0.4) is 0 Å². The molecular weight excluding hydrogens is 228 g/mol. The molecule has 1 heterocycles. The largest absolute Gasteiger partial charge is 0.381 e. The lowest BCUT2D eigenvalue weighted by Gasteiger charge is -2.22. The van der Waals surface area contributed by atoms with E-state index in [1.165, 1.54) is 0 Å². The van der Waals surface area contributed by atoms with Crippen molar-refractivity contribution in [3.8, 4) is 0 Å². The van der Waals surface area contributed by atoms with E-state index in [4.69, 9.17) is 10.5 Å². The molecule has 1 aromatic carbocycles. The molecule has 0 bridgehead atoms. The highest BCUT2D eigenvalue weighted by atomic mass is 16.5. The lowest BCUT2D eigenvalue weighted by molar-refractivity contribution is -0.129. The predicted molar refractivity (Wildman–Crippen MR) is 69.9 cm³/mol. The minimum atomic E-state index is -0.153. The molecule has 1 aliphatic rings. The highest BCUT2D eigenvalue weighted by molar-refractivity contribution is 5.78. The van der Waals surface area contributed by atoms with E-state index in [1.807, 2.05) is 30.3 Å². The first kappa shape index (κ1) is 13.1. The van der Waals surface area contributed by atoms with Crippen molar-refractivity contribution in [3.63, 3.8) is 0 Å². The number of carbonyl (C=O) groups excluding carboxylic acids is 1. The molecule has 0 aromatic heterocycles. The van der Waals surface area contributed by atoms with Crippen molar-refractivity contribution >= 4 is 5.91 Å². The molecule has 0 aliphatic carbocycles. The molecule has 2 atom stereocenters. The molecule has 0 saturated carbocycles. The van der Waals surface area contributed by atoms with Crippen LogP contribution in [0.2, 0.25) is 0 Å². The van der Waals surface area contributed by atoms with Gasteiger partial charge in [0.25, 0.3) is 0 Å². The van der Waals surface area contributed by atoms with Crippen molar-refractivity contribution in [2.45, 2.75) is 18.9 Å². The summed E-state index contributed by atoms with van der Waals surface area (Å²) in [7, 11) is 0. The summed E-state index contributed by atoms with van der Waals surface area (Å²) >= 11 is 0. The van der Waals surface area contributed by atoms with E-state index >= 15 is 0 Å². The standard InChI is InChI=1S/C14H20N2O2/c15-13(11-5-2-1-3-6-11)9-16-14(17)12-7-4-8-18-10-12/h1-3,5-6,12-13H,4,7-10,15H2,(H,16,17). The van der Waals surface area contributed by atoms with Crippen LogP contribution in [0.1, 0.15) is 24.4 Å². The topological polar surface area (TPSA) is 64.3 Å². The number of rotatable bonds is 4. The third kappa shape index (κ3) is 3.55. The second-order valence-corrected chi connectivity index (χ2v) is 4.68. The first-order valence-electron chi connectivity index (χ1n) is 6.43. The number of amides is 1. The summed E-state index contributed by atoms with van der Waals surface area (Å²) in [5.74, 6) is 0.0443. The number of ether oxygens (including phenoxy) is 1. The van der Waals surface area contributed by atoms with E-state index in [1.54, 1.807) is 0 Å². The van der Waals surface area contributed by atoms with Gasteiger partial charge in [0.1, 0.15) is 0 Å². The van der Waals surface area contributed by atoms with Gasteiger partial charge in [-0.1, -0.05) is 30.3 Å². The molecular formula is C14H20N2O2. The van der Waals surface area contributed by atoms with Crippen molar-refractivity contribution < 1.29 is 9.53 Å². The number of hydrogen-bond acceptors (Lipinski definition) is 3. The maximum Gasteiger partial charge on any atom is 0.225 e. The Morgan fingerprint density at radius 1 is 1.44 bits per heavy atom. The lowest BCUT2D eigenvalue weighted by atomic mass is 10.0. The maximum atomic E-state index is 11.9. The number of nitrogens with one attached hydrogen (secondary N) is 1. The summed E-state index contributed by atoms with van der Waals surface area (Å²) < 4.78 is 5.30. The van der Waals surface area contributed by atoms with Gasteiger partial charge >= 0.3 is 0 Å². The Hall–Kier alpha value is -1.39. The van der Waals surface area contributed by atoms with E-state index in [-0.39, 0.29) is 17.9 Å². The molecule has 1 saturated heterocycles. The third-order valence-electron chi connectivity index (χ3n) is 3.26. The molecule has 1 aromatic rings. The summed E-state index contributed by atoms with van der Waals surface area (Å²) in [6, 6.07) is 9.65. The van der Waals surface area contributed by atoms with Gasteiger partial charge in [0.2, 0.25) is 5.91 Å². The van der Waals surface area contributed by atoms with Crippen LogP contribution in [-0.2, 0) is 9.53 Å². The first-order chi connectivity index (χ1) is 8.77. The van der Waals surface area contributed by atoms with Crippen LogP contribution in [0.15, 0.2) is 30.3 Å². The van der Waals surface area contributed by atoms with E-state index in [0.717, 1.165) is 25.0 Å². The van der Waals surface area contributed by atoms with Crippen LogP contribution in [0.4, 0.5) is 0 Å². The highest BCUT2D eigenvalue weighted by Gasteiger charge is 2.21. The number of hydrogen-bond donors (Lipinski definition) is 2. The molecule has 2 unspecified atom stereocenters. The van der Waals surface area contributed by atoms with E-state index in [9.17, 15) is 4.79 Å². The Labute approximate surface area is 108 Å². The van der Waals surface area contributed by atoms with Gasteiger partial charge < -0.3 is 15.8 Å². The molecule has 0 radical (unpaired) electrons. The average molecular weight is 248 g/mol. The fourth-order valence-electron chi connectivity index (χ4n) is 2.12. The molecule has 0 spiro atoms.